The molecule has 0 aromatic heterocycles. The van der Waals surface area contributed by atoms with Gasteiger partial charge in [0.15, 0.2) is 0 Å². The molecule has 2 N–H and O–H groups in total. The Bertz CT molecular complexity index is 439. The first kappa shape index (κ1) is 14.9. The average Bonchev–Trinajstić information content (AvgIpc) is 2.67. The summed E-state index contributed by atoms with van der Waals surface area (Å²) in [6.07, 6.45) is 1.01. The van der Waals surface area contributed by atoms with Crippen LogP contribution in [-0.2, 0) is 6.54 Å². The number of nitrogens with zero attached hydrogens (tertiary/aromatic N) is 2. The fourth-order valence-electron chi connectivity index (χ4n) is 2.29. The molecule has 5 nitrogen and oxygen atoms in total. The van der Waals surface area contributed by atoms with Crippen LogP contribution in [0.15, 0.2) is 18.2 Å². The summed E-state index contributed by atoms with van der Waals surface area (Å²) in [6.45, 7) is 4.41. The normalized spacial score (nSPS) is 19.6. The van der Waals surface area contributed by atoms with Crippen molar-refractivity contribution in [2.24, 2.45) is 5.73 Å². The number of nitrogens with two attached hydrogens (primary N) is 1. The van der Waals surface area contributed by atoms with Crippen molar-refractivity contribution in [3.63, 3.8) is 0 Å². The topological polar surface area (TPSA) is 72.4 Å². The molecule has 1 heterocycles. The molecule has 100 valence electrons. The van der Waals surface area contributed by atoms with Crippen molar-refractivity contribution in [1.82, 2.24) is 4.90 Å². The van der Waals surface area contributed by atoms with Gasteiger partial charge in [-0.05, 0) is 18.9 Å². The number of nitro groups is 1. The highest BCUT2D eigenvalue weighted by atomic mass is 35.5. The maximum Gasteiger partial charge on any atom is 0.272 e. The predicted octanol–water partition coefficient (Wildman–Crippen LogP) is 1.86. The average molecular weight is 272 g/mol. The van der Waals surface area contributed by atoms with E-state index in [4.69, 9.17) is 5.73 Å². The summed E-state index contributed by atoms with van der Waals surface area (Å²) in [6, 6.07) is 5.49. The molecule has 0 saturated carbocycles. The van der Waals surface area contributed by atoms with Crippen LogP contribution in [-0.4, -0.2) is 29.0 Å². The van der Waals surface area contributed by atoms with Gasteiger partial charge in [-0.15, -0.1) is 12.4 Å². The molecule has 0 radical (unpaired) electrons. The number of rotatable bonds is 3. The molecule has 0 unspecified atom stereocenters. The predicted molar refractivity (Wildman–Crippen MR) is 73.0 cm³/mol. The first-order valence-electron chi connectivity index (χ1n) is 5.78. The molecule has 1 aliphatic heterocycles. The molecular weight excluding hydrogens is 254 g/mol. The van der Waals surface area contributed by atoms with Crippen molar-refractivity contribution in [3.8, 4) is 0 Å². The van der Waals surface area contributed by atoms with Crippen LogP contribution in [0.2, 0.25) is 0 Å². The van der Waals surface area contributed by atoms with Gasteiger partial charge in [0, 0.05) is 37.3 Å². The van der Waals surface area contributed by atoms with E-state index in [1.165, 1.54) is 0 Å². The quantitative estimate of drug-likeness (QED) is 0.673. The number of hydrogen-bond acceptors (Lipinski definition) is 4. The van der Waals surface area contributed by atoms with E-state index < -0.39 is 0 Å². The fourth-order valence-corrected chi connectivity index (χ4v) is 2.29. The van der Waals surface area contributed by atoms with Gasteiger partial charge in [-0.1, -0.05) is 12.1 Å². The largest absolute Gasteiger partial charge is 0.326 e. The van der Waals surface area contributed by atoms with E-state index in [9.17, 15) is 10.1 Å². The van der Waals surface area contributed by atoms with Crippen LogP contribution in [0.3, 0.4) is 0 Å². The van der Waals surface area contributed by atoms with Crippen LogP contribution >= 0.6 is 12.4 Å². The maximum absolute atomic E-state index is 10.8. The number of likely N-dealkylation sites (tertiary alicyclic amines) is 1. The van der Waals surface area contributed by atoms with E-state index in [1.807, 2.05) is 13.0 Å². The summed E-state index contributed by atoms with van der Waals surface area (Å²) in [5.74, 6) is 0. The van der Waals surface area contributed by atoms with Crippen LogP contribution in [0.1, 0.15) is 17.5 Å². The van der Waals surface area contributed by atoms with Gasteiger partial charge in [0.1, 0.15) is 0 Å². The second kappa shape index (κ2) is 6.13. The second-order valence-electron chi connectivity index (χ2n) is 4.60. The smallest absolute Gasteiger partial charge is 0.272 e. The molecule has 0 bridgehead atoms. The van der Waals surface area contributed by atoms with Gasteiger partial charge in [0.25, 0.3) is 5.69 Å². The van der Waals surface area contributed by atoms with Gasteiger partial charge in [-0.25, -0.2) is 0 Å². The van der Waals surface area contributed by atoms with Crippen LogP contribution < -0.4 is 5.73 Å². The van der Waals surface area contributed by atoms with Crippen LogP contribution in [0.4, 0.5) is 5.69 Å². The van der Waals surface area contributed by atoms with E-state index in [2.05, 4.69) is 4.90 Å². The monoisotopic (exact) mass is 271 g/mol. The lowest BCUT2D eigenvalue weighted by Crippen LogP contribution is -2.26. The lowest BCUT2D eigenvalue weighted by atomic mass is 10.1. The molecule has 6 heteroatoms. The summed E-state index contributed by atoms with van der Waals surface area (Å²) >= 11 is 0. The van der Waals surface area contributed by atoms with Gasteiger partial charge >= 0.3 is 0 Å². The summed E-state index contributed by atoms with van der Waals surface area (Å²) < 4.78 is 0. The van der Waals surface area contributed by atoms with Gasteiger partial charge in [-0.2, -0.15) is 0 Å². The van der Waals surface area contributed by atoms with E-state index >= 15 is 0 Å². The Morgan fingerprint density at radius 1 is 1.56 bits per heavy atom. The Kier molecular flexibility index (Phi) is 5.07. The molecule has 18 heavy (non-hydrogen) atoms. The Morgan fingerprint density at radius 2 is 2.28 bits per heavy atom. The molecule has 0 aliphatic carbocycles. The second-order valence-corrected chi connectivity index (χ2v) is 4.60. The zero-order valence-corrected chi connectivity index (χ0v) is 11.2. The third kappa shape index (κ3) is 3.19. The van der Waals surface area contributed by atoms with Crippen LogP contribution in [0, 0.1) is 17.0 Å². The molecule has 1 aromatic carbocycles. The molecule has 0 amide bonds. The lowest BCUT2D eigenvalue weighted by Gasteiger charge is -2.16. The molecule has 1 aliphatic rings. The van der Waals surface area contributed by atoms with Crippen molar-refractivity contribution in [2.75, 3.05) is 13.1 Å². The molecule has 2 rings (SSSR count). The van der Waals surface area contributed by atoms with Crippen LogP contribution in [0.5, 0.6) is 0 Å². The Balaban J connectivity index is 0.00000162. The molecular formula is C12H18ClN3O2. The highest BCUT2D eigenvalue weighted by Gasteiger charge is 2.21. The first-order chi connectivity index (χ1) is 8.08. The standard InChI is InChI=1S/C12H17N3O2.ClH/c1-9-10(3-2-4-12(9)15(16)17)7-14-6-5-11(13)8-14;/h2-4,11H,5-8,13H2,1H3;1H/t11-;/m0./s1. The van der Waals surface area contributed by atoms with E-state index in [0.717, 1.165) is 37.2 Å². The molecule has 1 atom stereocenters. The molecule has 0 spiro atoms. The number of halogens is 1. The molecule has 1 aromatic rings. The highest BCUT2D eigenvalue weighted by Crippen LogP contribution is 2.23. The fraction of sp³-hybridized carbons (Fsp3) is 0.500. The third-order valence-electron chi connectivity index (χ3n) is 3.32. The SMILES string of the molecule is Cc1c(CN2CC[C@H](N)C2)cccc1[N+](=O)[O-].Cl. The Labute approximate surface area is 113 Å². The summed E-state index contributed by atoms with van der Waals surface area (Å²) in [7, 11) is 0. The lowest BCUT2D eigenvalue weighted by molar-refractivity contribution is -0.385. The highest BCUT2D eigenvalue weighted by molar-refractivity contribution is 5.85. The summed E-state index contributed by atoms with van der Waals surface area (Å²) in [4.78, 5) is 12.8. The number of nitro benzene ring substituents is 1. The van der Waals surface area contributed by atoms with E-state index in [-0.39, 0.29) is 29.1 Å². The third-order valence-corrected chi connectivity index (χ3v) is 3.32. The van der Waals surface area contributed by atoms with Crippen molar-refractivity contribution in [2.45, 2.75) is 25.9 Å². The van der Waals surface area contributed by atoms with E-state index in [0.29, 0.717) is 0 Å². The zero-order chi connectivity index (χ0) is 12.4. The minimum Gasteiger partial charge on any atom is -0.326 e. The van der Waals surface area contributed by atoms with Crippen LogP contribution in [0.25, 0.3) is 0 Å². The Hall–Kier alpha value is -1.17. The van der Waals surface area contributed by atoms with Crippen molar-refractivity contribution in [3.05, 3.63) is 39.4 Å². The van der Waals surface area contributed by atoms with E-state index in [1.54, 1.807) is 12.1 Å². The van der Waals surface area contributed by atoms with Crippen molar-refractivity contribution >= 4 is 18.1 Å². The Morgan fingerprint density at radius 3 is 2.83 bits per heavy atom. The van der Waals surface area contributed by atoms with Gasteiger partial charge in [-0.3, -0.25) is 15.0 Å². The van der Waals surface area contributed by atoms with Gasteiger partial charge in [0.2, 0.25) is 0 Å². The molecule has 1 saturated heterocycles. The molecule has 1 fully saturated rings. The zero-order valence-electron chi connectivity index (χ0n) is 10.3. The minimum atomic E-state index is -0.325. The van der Waals surface area contributed by atoms with Gasteiger partial charge in [0.05, 0.1) is 4.92 Å². The first-order valence-corrected chi connectivity index (χ1v) is 5.78. The summed E-state index contributed by atoms with van der Waals surface area (Å²) in [5, 5.41) is 10.8. The maximum atomic E-state index is 10.8. The van der Waals surface area contributed by atoms with Gasteiger partial charge < -0.3 is 5.73 Å². The number of benzene rings is 1. The summed E-state index contributed by atoms with van der Waals surface area (Å²) in [5.41, 5.74) is 7.83. The number of hydrogen-bond donors (Lipinski definition) is 1. The van der Waals surface area contributed by atoms with Crippen molar-refractivity contribution < 1.29 is 4.92 Å². The minimum absolute atomic E-state index is 0. The van der Waals surface area contributed by atoms with Crippen molar-refractivity contribution in [1.29, 1.82) is 0 Å².